The molecular weight excluding hydrogens is 392 g/mol. The summed E-state index contributed by atoms with van der Waals surface area (Å²) in [6.45, 7) is 1.19. The third kappa shape index (κ3) is 7.48. The third-order valence-corrected chi connectivity index (χ3v) is 6.50. The second-order valence-corrected chi connectivity index (χ2v) is 8.63. The molecule has 2 aliphatic carbocycles. The molecule has 0 unspecified atom stereocenters. The highest BCUT2D eigenvalue weighted by Crippen LogP contribution is 2.30. The van der Waals surface area contributed by atoms with Crippen LogP contribution in [-0.4, -0.2) is 65.8 Å². The minimum Gasteiger partial charge on any atom is -0.468 e. The Labute approximate surface area is 179 Å². The number of carbonyl (C=O) groups excluding carboxylic acids is 3. The van der Waals surface area contributed by atoms with Crippen molar-refractivity contribution in [1.82, 2.24) is 9.96 Å². The minimum atomic E-state index is -0.561. The van der Waals surface area contributed by atoms with Crippen LogP contribution in [0.4, 0.5) is 0 Å². The smallest absolute Gasteiger partial charge is 0.344 e. The largest absolute Gasteiger partial charge is 0.468 e. The van der Waals surface area contributed by atoms with Crippen LogP contribution in [-0.2, 0) is 24.0 Å². The van der Waals surface area contributed by atoms with Gasteiger partial charge in [-0.1, -0.05) is 45.4 Å². The molecule has 0 radical (unpaired) electrons. The summed E-state index contributed by atoms with van der Waals surface area (Å²) in [5.41, 5.74) is 0. The van der Waals surface area contributed by atoms with Crippen molar-refractivity contribution >= 4 is 30.5 Å². The molecule has 8 heteroatoms. The summed E-state index contributed by atoms with van der Waals surface area (Å²) >= 11 is 4.16. The molecule has 0 saturated heterocycles. The minimum absolute atomic E-state index is 0.247. The van der Waals surface area contributed by atoms with E-state index in [9.17, 15) is 14.4 Å². The maximum atomic E-state index is 12.8. The zero-order valence-electron chi connectivity index (χ0n) is 17.8. The van der Waals surface area contributed by atoms with Crippen molar-refractivity contribution in [2.75, 3.05) is 26.0 Å². The molecular formula is C21H36N2O5S. The van der Waals surface area contributed by atoms with E-state index in [2.05, 4.69) is 17.4 Å². The fourth-order valence-corrected chi connectivity index (χ4v) is 4.40. The number of carbonyl (C=O) groups is 3. The van der Waals surface area contributed by atoms with Crippen molar-refractivity contribution in [3.05, 3.63) is 0 Å². The zero-order chi connectivity index (χ0) is 21.2. The van der Waals surface area contributed by atoms with Gasteiger partial charge in [0.25, 0.3) is 0 Å². The molecule has 1 amide bonds. The van der Waals surface area contributed by atoms with Gasteiger partial charge in [0.15, 0.2) is 0 Å². The van der Waals surface area contributed by atoms with Crippen LogP contribution < -0.4 is 0 Å². The molecule has 2 rings (SSSR count). The highest BCUT2D eigenvalue weighted by atomic mass is 32.1. The van der Waals surface area contributed by atoms with E-state index in [1.165, 1.54) is 24.9 Å². The molecule has 7 nitrogen and oxygen atoms in total. The molecule has 0 aliphatic heterocycles. The van der Waals surface area contributed by atoms with E-state index in [-0.39, 0.29) is 31.1 Å². The fourth-order valence-electron chi connectivity index (χ4n) is 4.24. The van der Waals surface area contributed by atoms with Crippen LogP contribution >= 0.6 is 12.6 Å². The Morgan fingerprint density at radius 3 is 1.83 bits per heavy atom. The number of hydrogen-bond donors (Lipinski definition) is 1. The number of rotatable bonds is 9. The van der Waals surface area contributed by atoms with Gasteiger partial charge < -0.3 is 14.5 Å². The quantitative estimate of drug-likeness (QED) is 0.346. The first-order valence-corrected chi connectivity index (χ1v) is 11.5. The Morgan fingerprint density at radius 2 is 1.38 bits per heavy atom. The summed E-state index contributed by atoms with van der Waals surface area (Å²) < 4.78 is 4.68. The summed E-state index contributed by atoms with van der Waals surface area (Å²) in [6.07, 6.45) is 11.2. The Balaban J connectivity index is 2.06. The van der Waals surface area contributed by atoms with Gasteiger partial charge in [0.05, 0.1) is 7.11 Å². The van der Waals surface area contributed by atoms with Crippen molar-refractivity contribution in [3.8, 4) is 0 Å². The molecule has 166 valence electrons. The van der Waals surface area contributed by atoms with Gasteiger partial charge in [-0.05, 0) is 25.7 Å². The lowest BCUT2D eigenvalue weighted by Gasteiger charge is -2.39. The van der Waals surface area contributed by atoms with Gasteiger partial charge in [0.1, 0.15) is 13.1 Å². The number of hydroxylamine groups is 2. The summed E-state index contributed by atoms with van der Waals surface area (Å²) in [4.78, 5) is 44.2. The van der Waals surface area contributed by atoms with E-state index in [1.807, 2.05) is 5.06 Å². The normalized spacial score (nSPS) is 19.6. The first-order valence-electron chi connectivity index (χ1n) is 10.9. The van der Waals surface area contributed by atoms with Crippen molar-refractivity contribution in [1.29, 1.82) is 0 Å². The second kappa shape index (κ2) is 12.4. The molecule has 2 fully saturated rings. The van der Waals surface area contributed by atoms with Gasteiger partial charge in [-0.3, -0.25) is 9.59 Å². The Hall–Kier alpha value is -1.28. The maximum absolute atomic E-state index is 12.8. The van der Waals surface area contributed by atoms with E-state index < -0.39 is 17.9 Å². The lowest BCUT2D eigenvalue weighted by Crippen LogP contribution is -2.49. The van der Waals surface area contributed by atoms with Gasteiger partial charge in [-0.15, -0.1) is 5.06 Å². The van der Waals surface area contributed by atoms with Crippen molar-refractivity contribution in [2.24, 2.45) is 5.92 Å². The zero-order valence-corrected chi connectivity index (χ0v) is 18.7. The maximum Gasteiger partial charge on any atom is 0.344 e. The van der Waals surface area contributed by atoms with Crippen LogP contribution in [0.15, 0.2) is 0 Å². The topological polar surface area (TPSA) is 76.2 Å². The summed E-state index contributed by atoms with van der Waals surface area (Å²) in [6, 6.07) is 0.494. The Bertz CT molecular complexity index is 529. The van der Waals surface area contributed by atoms with E-state index in [0.29, 0.717) is 5.75 Å². The van der Waals surface area contributed by atoms with Crippen molar-refractivity contribution in [2.45, 2.75) is 83.2 Å². The molecule has 2 saturated carbocycles. The van der Waals surface area contributed by atoms with Crippen molar-refractivity contribution in [3.63, 3.8) is 0 Å². The molecule has 1 atom stereocenters. The highest BCUT2D eigenvalue weighted by Gasteiger charge is 2.33. The van der Waals surface area contributed by atoms with Crippen LogP contribution in [0.25, 0.3) is 0 Å². The van der Waals surface area contributed by atoms with Crippen LogP contribution in [0.2, 0.25) is 0 Å². The van der Waals surface area contributed by atoms with Gasteiger partial charge in [-0.2, -0.15) is 12.6 Å². The molecule has 0 aromatic heterocycles. The Morgan fingerprint density at radius 1 is 0.897 bits per heavy atom. The average molecular weight is 429 g/mol. The van der Waals surface area contributed by atoms with E-state index in [0.717, 1.165) is 51.4 Å². The number of esters is 1. The van der Waals surface area contributed by atoms with Crippen LogP contribution in [0.3, 0.4) is 0 Å². The molecule has 0 aromatic carbocycles. The van der Waals surface area contributed by atoms with Crippen LogP contribution in [0.1, 0.15) is 71.1 Å². The van der Waals surface area contributed by atoms with Gasteiger partial charge in [-0.25, -0.2) is 4.79 Å². The van der Waals surface area contributed by atoms with E-state index in [1.54, 1.807) is 6.92 Å². The predicted molar refractivity (Wildman–Crippen MR) is 113 cm³/mol. The van der Waals surface area contributed by atoms with E-state index >= 15 is 0 Å². The standard InChI is InChI=1S/C21H36N2O5S/c1-16(15-29)21(26)22(13-19(24)27-2)14-20(25)28-23(17-9-5-3-6-10-17)18-11-7-4-8-12-18/h16-18,29H,3-15H2,1-2H3/t16-/m1/s1. The SMILES string of the molecule is COC(=O)CN(CC(=O)ON(C1CCCCC1)C1CCCCC1)C(=O)[C@H](C)CS. The molecule has 2 aliphatic rings. The molecule has 0 heterocycles. The number of hydrogen-bond acceptors (Lipinski definition) is 7. The van der Waals surface area contributed by atoms with Gasteiger partial charge >= 0.3 is 11.9 Å². The lowest BCUT2D eigenvalue weighted by atomic mass is 9.90. The second-order valence-electron chi connectivity index (χ2n) is 8.26. The number of ether oxygens (including phenoxy) is 1. The van der Waals surface area contributed by atoms with Crippen molar-refractivity contribution < 1.29 is 24.0 Å². The van der Waals surface area contributed by atoms with Gasteiger partial charge in [0.2, 0.25) is 5.91 Å². The number of amides is 1. The number of nitrogens with zero attached hydrogens (tertiary/aromatic N) is 2. The predicted octanol–water partition coefficient (Wildman–Crippen LogP) is 2.98. The van der Waals surface area contributed by atoms with E-state index in [4.69, 9.17) is 4.84 Å². The molecule has 0 spiro atoms. The molecule has 0 bridgehead atoms. The van der Waals surface area contributed by atoms with Gasteiger partial charge in [0, 0.05) is 23.8 Å². The lowest BCUT2D eigenvalue weighted by molar-refractivity contribution is -0.224. The van der Waals surface area contributed by atoms with Crippen LogP contribution in [0.5, 0.6) is 0 Å². The number of thiol groups is 1. The highest BCUT2D eigenvalue weighted by molar-refractivity contribution is 7.80. The first-order chi connectivity index (χ1) is 14.0. The Kier molecular flexibility index (Phi) is 10.3. The van der Waals surface area contributed by atoms with Crippen LogP contribution in [0, 0.1) is 5.92 Å². The summed E-state index contributed by atoms with van der Waals surface area (Å²) in [5.74, 6) is -1.42. The monoisotopic (exact) mass is 428 g/mol. The third-order valence-electron chi connectivity index (χ3n) is 5.95. The first kappa shape index (κ1) is 24.0. The summed E-state index contributed by atoms with van der Waals surface area (Å²) in [7, 11) is 1.26. The number of methoxy groups -OCH3 is 1. The average Bonchev–Trinajstić information content (AvgIpc) is 2.77. The summed E-state index contributed by atoms with van der Waals surface area (Å²) in [5, 5.41) is 1.93. The fraction of sp³-hybridized carbons (Fsp3) is 0.857. The molecule has 0 N–H and O–H groups in total. The molecule has 0 aromatic rings. The molecule has 29 heavy (non-hydrogen) atoms.